The van der Waals surface area contributed by atoms with Crippen LogP contribution in [-0.4, -0.2) is 106 Å². The molecule has 2 bridgehead atoms. The molecule has 3 heterocycles. The van der Waals surface area contributed by atoms with E-state index in [0.717, 1.165) is 10.6 Å². The Labute approximate surface area is 343 Å². The van der Waals surface area contributed by atoms with E-state index in [2.05, 4.69) is 22.9 Å². The van der Waals surface area contributed by atoms with Gasteiger partial charge in [0.05, 0.1) is 24.3 Å². The molecule has 4 rings (SSSR count). The van der Waals surface area contributed by atoms with Gasteiger partial charge in [-0.05, 0) is 74.0 Å². The van der Waals surface area contributed by atoms with Crippen LogP contribution < -0.4 is 20.7 Å². The Kier molecular flexibility index (Phi) is 16.1. The van der Waals surface area contributed by atoms with Gasteiger partial charge >= 0.3 is 5.97 Å². The monoisotopic (exact) mass is 813 g/mol. The van der Waals surface area contributed by atoms with Crippen LogP contribution in [-0.2, 0) is 35.1 Å². The maximum Gasteiger partial charge on any atom is 0.329 e. The van der Waals surface area contributed by atoms with Gasteiger partial charge in [-0.25, -0.2) is 4.79 Å². The lowest BCUT2D eigenvalue weighted by atomic mass is 9.78. The van der Waals surface area contributed by atoms with Gasteiger partial charge in [0.25, 0.3) is 0 Å². The SMILES string of the molecule is CC[C@H](C)[C@@H]1NC(=O)[C@H](C)NC(=O)[C@H](Cc2ccc(OC)cc2)NC(=O)CC[C@@H]2CSC(=N2)C(C)(C)[C@@H](O)C[C@H](C)C[C@@H](C(C)(C)C)OC(=O)[C@@H]2CCCN2C1=O. The molecule has 1 aromatic rings. The van der Waals surface area contributed by atoms with Crippen LogP contribution in [0.4, 0.5) is 0 Å². The number of ether oxygens (including phenoxy) is 2. The van der Waals surface area contributed by atoms with Crippen LogP contribution in [0.3, 0.4) is 0 Å². The molecule has 4 N–H and O–H groups in total. The van der Waals surface area contributed by atoms with Gasteiger partial charge in [-0.3, -0.25) is 24.2 Å². The number of carbonyl (C=O) groups is 5. The Morgan fingerprint density at radius 3 is 2.33 bits per heavy atom. The molecule has 3 aliphatic rings. The maximum absolute atomic E-state index is 14.3. The Balaban J connectivity index is 1.65. The van der Waals surface area contributed by atoms with Gasteiger partial charge < -0.3 is 35.4 Å². The number of esters is 1. The van der Waals surface area contributed by atoms with E-state index in [1.807, 2.05) is 60.6 Å². The van der Waals surface area contributed by atoms with Gasteiger partial charge in [-0.15, -0.1) is 11.8 Å². The Morgan fingerprint density at radius 1 is 1.02 bits per heavy atom. The quantitative estimate of drug-likeness (QED) is 0.304. The predicted octanol–water partition coefficient (Wildman–Crippen LogP) is 4.82. The minimum atomic E-state index is -1.04. The van der Waals surface area contributed by atoms with Crippen LogP contribution in [0.5, 0.6) is 5.75 Å². The lowest BCUT2D eigenvalue weighted by Crippen LogP contribution is -2.59. The number of aliphatic hydroxyl groups excluding tert-OH is 1. The lowest BCUT2D eigenvalue weighted by Gasteiger charge is -2.37. The highest BCUT2D eigenvalue weighted by molar-refractivity contribution is 8.14. The molecule has 1 aromatic carbocycles. The summed E-state index contributed by atoms with van der Waals surface area (Å²) in [4.78, 5) is 75.7. The number of benzene rings is 1. The van der Waals surface area contributed by atoms with Crippen molar-refractivity contribution in [1.29, 1.82) is 0 Å². The summed E-state index contributed by atoms with van der Waals surface area (Å²) in [6, 6.07) is 3.27. The summed E-state index contributed by atoms with van der Waals surface area (Å²) in [6.45, 7) is 17.8. The zero-order valence-corrected chi connectivity index (χ0v) is 36.5. The van der Waals surface area contributed by atoms with E-state index < -0.39 is 65.0 Å². The summed E-state index contributed by atoms with van der Waals surface area (Å²) < 4.78 is 11.5. The van der Waals surface area contributed by atoms with Crippen LogP contribution in [0.25, 0.3) is 0 Å². The summed E-state index contributed by atoms with van der Waals surface area (Å²) >= 11 is 1.59. The summed E-state index contributed by atoms with van der Waals surface area (Å²) in [5, 5.41) is 21.0. The summed E-state index contributed by atoms with van der Waals surface area (Å²) in [5.74, 6) is -1.21. The highest BCUT2D eigenvalue weighted by Gasteiger charge is 2.43. The second-order valence-corrected chi connectivity index (χ2v) is 19.0. The third-order valence-electron chi connectivity index (χ3n) is 11.9. The first-order valence-corrected chi connectivity index (χ1v) is 21.7. The molecule has 9 atom stereocenters. The van der Waals surface area contributed by atoms with Gasteiger partial charge in [-0.2, -0.15) is 0 Å². The van der Waals surface area contributed by atoms with Gasteiger partial charge in [0.1, 0.15) is 36.0 Å². The van der Waals surface area contributed by atoms with Crippen molar-refractivity contribution in [2.24, 2.45) is 27.7 Å². The maximum atomic E-state index is 14.3. The van der Waals surface area contributed by atoms with Crippen molar-refractivity contribution in [3.05, 3.63) is 29.8 Å². The standard InChI is InChI=1S/C43H67N5O8S/c1-11-26(3)36-39(53)48-20-12-13-32(48)40(54)56-34(42(5,6)7)22-25(2)21-33(49)43(8,9)41-45-29(24-57-41)16-19-35(50)46-31(38(52)44-27(4)37(51)47-36)23-28-14-17-30(55-10)18-15-28/h14-15,17-18,25-27,29,31-34,36,49H,11-13,16,19-24H2,1-10H3,(H,44,52)(H,46,50)(H,47,51)/t25-,26-,27-,29+,31-,32-,33-,34-,36-/m0/s1. The topological polar surface area (TPSA) is 176 Å². The summed E-state index contributed by atoms with van der Waals surface area (Å²) in [6.07, 6.45) is 2.18. The number of methoxy groups -OCH3 is 1. The molecule has 1 saturated heterocycles. The molecule has 0 radical (unpaired) electrons. The van der Waals surface area contributed by atoms with Gasteiger partial charge in [0.2, 0.25) is 23.6 Å². The fraction of sp³-hybridized carbons (Fsp3) is 0.721. The van der Waals surface area contributed by atoms with Gasteiger partial charge in [0, 0.05) is 30.6 Å². The highest BCUT2D eigenvalue weighted by atomic mass is 32.2. The lowest BCUT2D eigenvalue weighted by molar-refractivity contribution is -0.164. The number of aliphatic hydroxyl groups is 1. The number of rotatable bonds is 5. The molecule has 318 valence electrons. The van der Waals surface area contributed by atoms with Gasteiger partial charge in [0.15, 0.2) is 0 Å². The molecule has 57 heavy (non-hydrogen) atoms. The molecule has 0 aliphatic carbocycles. The first-order valence-electron chi connectivity index (χ1n) is 20.7. The minimum Gasteiger partial charge on any atom is -0.497 e. The molecule has 3 aliphatic heterocycles. The smallest absolute Gasteiger partial charge is 0.329 e. The van der Waals surface area contributed by atoms with Crippen LogP contribution in [0, 0.1) is 22.7 Å². The average molecular weight is 814 g/mol. The number of aliphatic imine (C=N–C) groups is 1. The largest absolute Gasteiger partial charge is 0.497 e. The highest BCUT2D eigenvalue weighted by Crippen LogP contribution is 2.39. The molecule has 0 aromatic heterocycles. The molecule has 13 nitrogen and oxygen atoms in total. The number of cyclic esters (lactones) is 1. The van der Waals surface area contributed by atoms with Crippen molar-refractivity contribution in [2.45, 2.75) is 156 Å². The number of carbonyl (C=O) groups excluding carboxylic acids is 5. The van der Waals surface area contributed by atoms with E-state index in [1.165, 1.54) is 4.90 Å². The number of fused-ring (bicyclic) bond motifs is 2. The molecular formula is C43H67N5O8S. The van der Waals surface area contributed by atoms with E-state index in [9.17, 15) is 29.1 Å². The van der Waals surface area contributed by atoms with Crippen LogP contribution in [0.1, 0.15) is 113 Å². The molecule has 4 amide bonds. The van der Waals surface area contributed by atoms with Crippen molar-refractivity contribution >= 4 is 46.4 Å². The fourth-order valence-electron chi connectivity index (χ4n) is 7.56. The van der Waals surface area contributed by atoms with E-state index >= 15 is 0 Å². The van der Waals surface area contributed by atoms with E-state index in [1.54, 1.807) is 37.9 Å². The van der Waals surface area contributed by atoms with Crippen LogP contribution >= 0.6 is 11.8 Å². The van der Waals surface area contributed by atoms with Crippen molar-refractivity contribution in [2.75, 3.05) is 19.4 Å². The number of amides is 4. The van der Waals surface area contributed by atoms with Crippen molar-refractivity contribution in [3.8, 4) is 5.75 Å². The van der Waals surface area contributed by atoms with Gasteiger partial charge in [-0.1, -0.05) is 73.9 Å². The molecule has 0 spiro atoms. The van der Waals surface area contributed by atoms with Crippen molar-refractivity contribution < 1.29 is 38.6 Å². The number of nitrogens with zero attached hydrogens (tertiary/aromatic N) is 2. The van der Waals surface area contributed by atoms with Crippen LogP contribution in [0.2, 0.25) is 0 Å². The average Bonchev–Trinajstić information content (AvgIpc) is 3.86. The van der Waals surface area contributed by atoms with E-state index in [-0.39, 0.29) is 42.5 Å². The van der Waals surface area contributed by atoms with Crippen molar-refractivity contribution in [1.82, 2.24) is 20.9 Å². The first-order chi connectivity index (χ1) is 26.7. The molecule has 0 saturated carbocycles. The second-order valence-electron chi connectivity index (χ2n) is 18.0. The zero-order valence-electron chi connectivity index (χ0n) is 35.7. The summed E-state index contributed by atoms with van der Waals surface area (Å²) in [7, 11) is 1.56. The fourth-order valence-corrected chi connectivity index (χ4v) is 8.88. The Hall–Kier alpha value is -3.65. The molecule has 1 fully saturated rings. The number of thioether (sulfide) groups is 1. The third kappa shape index (κ3) is 12.2. The molecular weight excluding hydrogens is 747 g/mol. The third-order valence-corrected chi connectivity index (χ3v) is 13.3. The van der Waals surface area contributed by atoms with Crippen LogP contribution in [0.15, 0.2) is 29.3 Å². The minimum absolute atomic E-state index is 0.00671. The predicted molar refractivity (Wildman–Crippen MR) is 223 cm³/mol. The number of hydrogen-bond donors (Lipinski definition) is 4. The Morgan fingerprint density at radius 2 is 1.70 bits per heavy atom. The summed E-state index contributed by atoms with van der Waals surface area (Å²) in [5.41, 5.74) is -0.270. The number of hydrogen-bond acceptors (Lipinski definition) is 10. The first kappa shape index (κ1) is 46.0. The number of nitrogens with one attached hydrogen (secondary N) is 3. The van der Waals surface area contributed by atoms with E-state index in [4.69, 9.17) is 14.5 Å². The van der Waals surface area contributed by atoms with Crippen molar-refractivity contribution in [3.63, 3.8) is 0 Å². The normalized spacial score (nSPS) is 30.8. The Bertz CT molecular complexity index is 1610. The van der Waals surface area contributed by atoms with E-state index in [0.29, 0.717) is 56.6 Å². The zero-order chi connectivity index (χ0) is 42.2. The molecule has 0 unspecified atom stereocenters. The second kappa shape index (κ2) is 19.9. The molecule has 14 heteroatoms.